The molecule has 1 aliphatic heterocycles. The third-order valence-electron chi connectivity index (χ3n) is 6.10. The van der Waals surface area contributed by atoms with Gasteiger partial charge in [0.2, 0.25) is 5.91 Å². The molecule has 10 heteroatoms. The van der Waals surface area contributed by atoms with Gasteiger partial charge >= 0.3 is 0 Å². The zero-order chi connectivity index (χ0) is 25.2. The average molecular weight is 487 g/mol. The second-order valence-corrected chi connectivity index (χ2v) is 8.28. The van der Waals surface area contributed by atoms with E-state index in [1.54, 1.807) is 25.1 Å². The molecule has 1 aliphatic rings. The minimum absolute atomic E-state index is 0.126. The lowest BCUT2D eigenvalue weighted by Gasteiger charge is -2.25. The lowest BCUT2D eigenvalue weighted by Crippen LogP contribution is -2.25. The van der Waals surface area contributed by atoms with Crippen LogP contribution in [0.25, 0.3) is 17.2 Å². The Kier molecular flexibility index (Phi) is 6.24. The highest BCUT2D eigenvalue weighted by atomic mass is 16.5. The van der Waals surface area contributed by atoms with Crippen molar-refractivity contribution in [1.82, 2.24) is 25.0 Å². The molecule has 0 saturated heterocycles. The maximum absolute atomic E-state index is 12.8. The van der Waals surface area contributed by atoms with E-state index in [2.05, 4.69) is 25.6 Å². The first-order chi connectivity index (χ1) is 17.5. The number of hydrogen-bond donors (Lipinski definition) is 1. The van der Waals surface area contributed by atoms with E-state index in [0.29, 0.717) is 35.4 Å². The molecule has 0 spiro atoms. The van der Waals surface area contributed by atoms with Gasteiger partial charge in [-0.1, -0.05) is 18.2 Å². The fourth-order valence-corrected chi connectivity index (χ4v) is 4.46. The van der Waals surface area contributed by atoms with Gasteiger partial charge in [-0.2, -0.15) is 14.9 Å². The highest BCUT2D eigenvalue weighted by molar-refractivity contribution is 5.95. The Morgan fingerprint density at radius 2 is 1.97 bits per heavy atom. The average Bonchev–Trinajstić information content (AvgIpc) is 3.24. The van der Waals surface area contributed by atoms with Crippen LogP contribution < -0.4 is 19.5 Å². The van der Waals surface area contributed by atoms with Crippen molar-refractivity contribution < 1.29 is 19.0 Å². The topological polar surface area (TPSA) is 113 Å². The van der Waals surface area contributed by atoms with Crippen LogP contribution in [0.4, 0.5) is 5.82 Å². The Bertz CT molecular complexity index is 1430. The van der Waals surface area contributed by atoms with E-state index in [4.69, 9.17) is 14.2 Å². The van der Waals surface area contributed by atoms with Crippen molar-refractivity contribution in [3.8, 4) is 34.5 Å². The SMILES string of the molecule is CCOc1cc([C@@H]2CC(=O)Nc3c2c(C)nn3-c2nncc(-c3cccc(OC)c3)n2)ccc1OC. The van der Waals surface area contributed by atoms with Crippen LogP contribution in [0.5, 0.6) is 17.2 Å². The van der Waals surface area contributed by atoms with Crippen molar-refractivity contribution in [2.75, 3.05) is 26.1 Å². The maximum atomic E-state index is 12.8. The molecular weight excluding hydrogens is 460 g/mol. The zero-order valence-electron chi connectivity index (χ0n) is 20.5. The number of benzene rings is 2. The van der Waals surface area contributed by atoms with Crippen LogP contribution in [-0.4, -0.2) is 51.7 Å². The molecular formula is C26H26N6O4. The first kappa shape index (κ1) is 23.3. The van der Waals surface area contributed by atoms with E-state index < -0.39 is 0 Å². The molecule has 2 aromatic carbocycles. The number of nitrogens with zero attached hydrogens (tertiary/aromatic N) is 5. The number of methoxy groups -OCH3 is 2. The molecule has 1 amide bonds. The minimum atomic E-state index is -0.220. The Morgan fingerprint density at radius 3 is 2.75 bits per heavy atom. The number of amides is 1. The minimum Gasteiger partial charge on any atom is -0.497 e. The Hall–Kier alpha value is -4.47. The Labute approximate surface area is 208 Å². The number of anilines is 1. The summed E-state index contributed by atoms with van der Waals surface area (Å²) in [5, 5.41) is 16.0. The molecule has 36 heavy (non-hydrogen) atoms. The maximum Gasteiger partial charge on any atom is 0.272 e. The number of rotatable bonds is 7. The van der Waals surface area contributed by atoms with Gasteiger partial charge in [-0.3, -0.25) is 4.79 Å². The number of ether oxygens (including phenoxy) is 3. The summed E-state index contributed by atoms with van der Waals surface area (Å²) in [6.45, 7) is 4.33. The van der Waals surface area contributed by atoms with Crippen LogP contribution in [0.15, 0.2) is 48.7 Å². The van der Waals surface area contributed by atoms with Crippen molar-refractivity contribution >= 4 is 11.7 Å². The highest BCUT2D eigenvalue weighted by Gasteiger charge is 2.34. The second-order valence-electron chi connectivity index (χ2n) is 8.28. The Balaban J connectivity index is 1.58. The molecule has 0 bridgehead atoms. The Morgan fingerprint density at radius 1 is 1.11 bits per heavy atom. The molecule has 1 N–H and O–H groups in total. The molecule has 5 rings (SSSR count). The largest absolute Gasteiger partial charge is 0.497 e. The molecule has 0 saturated carbocycles. The summed E-state index contributed by atoms with van der Waals surface area (Å²) in [5.41, 5.74) is 4.03. The third-order valence-corrected chi connectivity index (χ3v) is 6.10. The van der Waals surface area contributed by atoms with Gasteiger partial charge in [0.05, 0.1) is 38.4 Å². The van der Waals surface area contributed by atoms with Crippen molar-refractivity contribution in [3.05, 3.63) is 65.5 Å². The van der Waals surface area contributed by atoms with Gasteiger partial charge in [0.15, 0.2) is 11.5 Å². The molecule has 2 aromatic heterocycles. The monoisotopic (exact) mass is 486 g/mol. The predicted molar refractivity (Wildman–Crippen MR) is 133 cm³/mol. The molecule has 4 aromatic rings. The van der Waals surface area contributed by atoms with Crippen molar-refractivity contribution in [3.63, 3.8) is 0 Å². The number of aryl methyl sites for hydroxylation is 1. The molecule has 0 radical (unpaired) electrons. The summed E-state index contributed by atoms with van der Waals surface area (Å²) in [6, 6.07) is 13.3. The number of aromatic nitrogens is 5. The van der Waals surface area contributed by atoms with Crippen LogP contribution in [-0.2, 0) is 4.79 Å². The third kappa shape index (κ3) is 4.21. The van der Waals surface area contributed by atoms with Gasteiger partial charge in [0.1, 0.15) is 11.6 Å². The molecule has 10 nitrogen and oxygen atoms in total. The standard InChI is InChI=1S/C26H26N6O4/c1-5-36-22-12-16(9-10-21(22)35-4)19-13-23(33)29-25-24(19)15(2)31-32(25)26-28-20(14-27-30-26)17-7-6-8-18(11-17)34-3/h6-12,14,19H,5,13H2,1-4H3,(H,29,33)/t19-/m0/s1. The fourth-order valence-electron chi connectivity index (χ4n) is 4.46. The van der Waals surface area contributed by atoms with Crippen molar-refractivity contribution in [2.45, 2.75) is 26.2 Å². The van der Waals surface area contributed by atoms with Crippen LogP contribution in [0, 0.1) is 6.92 Å². The first-order valence-electron chi connectivity index (χ1n) is 11.6. The summed E-state index contributed by atoms with van der Waals surface area (Å²) in [4.78, 5) is 17.5. The van der Waals surface area contributed by atoms with Crippen LogP contribution in [0.3, 0.4) is 0 Å². The van der Waals surface area contributed by atoms with Crippen molar-refractivity contribution in [1.29, 1.82) is 0 Å². The van der Waals surface area contributed by atoms with Crippen LogP contribution >= 0.6 is 0 Å². The fraction of sp³-hybridized carbons (Fsp3) is 0.269. The number of nitrogens with one attached hydrogen (secondary N) is 1. The molecule has 0 unspecified atom stereocenters. The van der Waals surface area contributed by atoms with Gasteiger partial charge in [0.25, 0.3) is 5.95 Å². The summed E-state index contributed by atoms with van der Waals surface area (Å²) in [7, 11) is 3.21. The normalized spacial score (nSPS) is 14.7. The number of fused-ring (bicyclic) bond motifs is 1. The van der Waals surface area contributed by atoms with E-state index in [-0.39, 0.29) is 24.2 Å². The molecule has 0 fully saturated rings. The molecule has 3 heterocycles. The van der Waals surface area contributed by atoms with Crippen LogP contribution in [0.2, 0.25) is 0 Å². The summed E-state index contributed by atoms with van der Waals surface area (Å²) in [6.07, 6.45) is 1.86. The van der Waals surface area contributed by atoms with Crippen LogP contribution in [0.1, 0.15) is 36.1 Å². The first-order valence-corrected chi connectivity index (χ1v) is 11.6. The van der Waals surface area contributed by atoms with Gasteiger partial charge in [0, 0.05) is 23.5 Å². The summed E-state index contributed by atoms with van der Waals surface area (Å²) in [5.74, 6) is 2.43. The lowest BCUT2D eigenvalue weighted by molar-refractivity contribution is -0.116. The number of hydrogen-bond acceptors (Lipinski definition) is 8. The lowest BCUT2D eigenvalue weighted by atomic mass is 9.85. The van der Waals surface area contributed by atoms with Gasteiger partial charge in [-0.15, -0.1) is 5.10 Å². The van der Waals surface area contributed by atoms with E-state index in [1.807, 2.05) is 56.3 Å². The molecule has 1 atom stereocenters. The zero-order valence-corrected chi connectivity index (χ0v) is 20.5. The highest BCUT2D eigenvalue weighted by Crippen LogP contribution is 2.42. The molecule has 0 aliphatic carbocycles. The van der Waals surface area contributed by atoms with E-state index >= 15 is 0 Å². The van der Waals surface area contributed by atoms with E-state index in [0.717, 1.165) is 22.4 Å². The number of carbonyl (C=O) groups is 1. The predicted octanol–water partition coefficient (Wildman–Crippen LogP) is 3.92. The second kappa shape index (κ2) is 9.65. The molecule has 184 valence electrons. The van der Waals surface area contributed by atoms with Gasteiger partial charge < -0.3 is 19.5 Å². The van der Waals surface area contributed by atoms with E-state index in [1.165, 1.54) is 0 Å². The summed E-state index contributed by atoms with van der Waals surface area (Å²) >= 11 is 0. The quantitative estimate of drug-likeness (QED) is 0.418. The van der Waals surface area contributed by atoms with E-state index in [9.17, 15) is 4.79 Å². The number of carbonyl (C=O) groups excluding carboxylic acids is 1. The van der Waals surface area contributed by atoms with Crippen molar-refractivity contribution in [2.24, 2.45) is 0 Å². The van der Waals surface area contributed by atoms with Gasteiger partial charge in [-0.05, 0) is 43.7 Å². The summed E-state index contributed by atoms with van der Waals surface area (Å²) < 4.78 is 18.1. The smallest absolute Gasteiger partial charge is 0.272 e. The van der Waals surface area contributed by atoms with Gasteiger partial charge in [-0.25, -0.2) is 4.98 Å².